The highest BCUT2D eigenvalue weighted by atomic mass is 16.5. The predicted octanol–water partition coefficient (Wildman–Crippen LogP) is 1.19. The lowest BCUT2D eigenvalue weighted by Gasteiger charge is -2.03. The third kappa shape index (κ3) is 2.48. The van der Waals surface area contributed by atoms with E-state index in [0.717, 1.165) is 5.56 Å². The fourth-order valence-electron chi connectivity index (χ4n) is 2.15. The summed E-state index contributed by atoms with van der Waals surface area (Å²) in [6.07, 6.45) is 1.61. The Balaban J connectivity index is 2.00. The molecule has 0 radical (unpaired) electrons. The number of carbonyl (C=O) groups is 1. The molecular weight excluding hydrogens is 284 g/mol. The maximum Gasteiger partial charge on any atom is 0.299 e. The molecule has 0 atom stereocenters. The predicted molar refractivity (Wildman–Crippen MR) is 80.2 cm³/mol. The number of amides is 1. The number of fused-ring (bicyclic) bond motifs is 1. The molecule has 7 heteroatoms. The molecule has 0 fully saturated rings. The Hall–Kier alpha value is -2.96. The zero-order chi connectivity index (χ0) is 15.5. The highest BCUT2D eigenvalue weighted by Crippen LogP contribution is 2.23. The second kappa shape index (κ2) is 5.80. The van der Waals surface area contributed by atoms with Crippen molar-refractivity contribution in [1.82, 2.24) is 20.0 Å². The monoisotopic (exact) mass is 298 g/mol. The van der Waals surface area contributed by atoms with Crippen LogP contribution in [0.3, 0.4) is 0 Å². The fourth-order valence-corrected chi connectivity index (χ4v) is 2.15. The van der Waals surface area contributed by atoms with Gasteiger partial charge in [0.2, 0.25) is 5.91 Å². The van der Waals surface area contributed by atoms with Gasteiger partial charge in [0, 0.05) is 25.6 Å². The van der Waals surface area contributed by atoms with Crippen LogP contribution in [-0.2, 0) is 11.3 Å². The maximum atomic E-state index is 12.3. The number of benzene rings is 1. The van der Waals surface area contributed by atoms with Gasteiger partial charge in [-0.25, -0.2) is 4.98 Å². The number of nitrogens with one attached hydrogen (secondary N) is 1. The van der Waals surface area contributed by atoms with Crippen LogP contribution in [0, 0.1) is 0 Å². The second-order valence-electron chi connectivity index (χ2n) is 4.74. The van der Waals surface area contributed by atoms with Crippen LogP contribution in [0.2, 0.25) is 0 Å². The summed E-state index contributed by atoms with van der Waals surface area (Å²) in [5.41, 5.74) is 1.54. The van der Waals surface area contributed by atoms with Gasteiger partial charge in [0.05, 0.1) is 6.33 Å². The highest BCUT2D eigenvalue weighted by Gasteiger charge is 2.16. The molecule has 0 unspecified atom stereocenters. The van der Waals surface area contributed by atoms with Crippen LogP contribution >= 0.6 is 0 Å². The fraction of sp³-hybridized carbons (Fsp3) is 0.200. The summed E-state index contributed by atoms with van der Waals surface area (Å²) < 4.78 is 6.51. The molecule has 0 aliphatic heterocycles. The molecule has 1 aromatic carbocycles. The van der Waals surface area contributed by atoms with Crippen molar-refractivity contribution in [1.29, 1.82) is 0 Å². The molecule has 22 heavy (non-hydrogen) atoms. The van der Waals surface area contributed by atoms with Gasteiger partial charge < -0.3 is 9.84 Å². The molecule has 0 aliphatic rings. The lowest BCUT2D eigenvalue weighted by atomic mass is 10.1. The van der Waals surface area contributed by atoms with Gasteiger partial charge in [-0.2, -0.15) is 0 Å². The van der Waals surface area contributed by atoms with Crippen LogP contribution in [0.1, 0.15) is 6.42 Å². The van der Waals surface area contributed by atoms with E-state index in [1.165, 1.54) is 10.9 Å². The minimum atomic E-state index is -0.344. The lowest BCUT2D eigenvalue weighted by Crippen LogP contribution is -2.25. The third-order valence-electron chi connectivity index (χ3n) is 3.35. The van der Waals surface area contributed by atoms with Crippen molar-refractivity contribution in [2.24, 2.45) is 0 Å². The molecule has 7 nitrogen and oxygen atoms in total. The molecule has 3 aromatic rings. The van der Waals surface area contributed by atoms with E-state index < -0.39 is 0 Å². The first-order chi connectivity index (χ1) is 10.7. The van der Waals surface area contributed by atoms with Gasteiger partial charge >= 0.3 is 0 Å². The first-order valence-corrected chi connectivity index (χ1v) is 6.81. The van der Waals surface area contributed by atoms with Gasteiger partial charge in [0.25, 0.3) is 11.1 Å². The van der Waals surface area contributed by atoms with E-state index >= 15 is 0 Å². The molecular formula is C15H14N4O3. The summed E-state index contributed by atoms with van der Waals surface area (Å²) in [6, 6.07) is 9.39. The van der Waals surface area contributed by atoms with Gasteiger partial charge in [-0.1, -0.05) is 35.5 Å². The molecule has 0 spiro atoms. The van der Waals surface area contributed by atoms with Crippen LogP contribution in [0.4, 0.5) is 0 Å². The number of aryl methyl sites for hydroxylation is 1. The van der Waals surface area contributed by atoms with Crippen molar-refractivity contribution in [2.45, 2.75) is 13.0 Å². The van der Waals surface area contributed by atoms with Gasteiger partial charge in [-0.3, -0.25) is 14.2 Å². The summed E-state index contributed by atoms with van der Waals surface area (Å²) in [4.78, 5) is 27.9. The largest absolute Gasteiger partial charge is 0.359 e. The molecule has 2 heterocycles. The van der Waals surface area contributed by atoms with E-state index in [1.807, 2.05) is 30.3 Å². The molecule has 1 N–H and O–H groups in total. The van der Waals surface area contributed by atoms with Crippen LogP contribution in [0.25, 0.3) is 22.4 Å². The van der Waals surface area contributed by atoms with Crippen molar-refractivity contribution in [3.63, 3.8) is 0 Å². The maximum absolute atomic E-state index is 12.3. The Labute approximate surface area is 125 Å². The number of aromatic nitrogens is 3. The lowest BCUT2D eigenvalue weighted by molar-refractivity contribution is -0.120. The first-order valence-electron chi connectivity index (χ1n) is 6.81. The molecule has 0 saturated carbocycles. The van der Waals surface area contributed by atoms with E-state index in [1.54, 1.807) is 7.05 Å². The first kappa shape index (κ1) is 14.0. The SMILES string of the molecule is CNC(=O)CCn1cnc2c(-c3ccccc3)noc2c1=O. The van der Waals surface area contributed by atoms with E-state index in [4.69, 9.17) is 4.52 Å². The molecule has 0 saturated heterocycles. The van der Waals surface area contributed by atoms with Crippen molar-refractivity contribution in [3.05, 3.63) is 47.0 Å². The van der Waals surface area contributed by atoms with Gasteiger partial charge in [-0.05, 0) is 0 Å². The van der Waals surface area contributed by atoms with Crippen molar-refractivity contribution in [3.8, 4) is 11.3 Å². The Kier molecular flexibility index (Phi) is 3.69. The van der Waals surface area contributed by atoms with Crippen LogP contribution in [-0.4, -0.2) is 27.7 Å². The zero-order valence-electron chi connectivity index (χ0n) is 11.9. The minimum absolute atomic E-state index is 0.0956. The second-order valence-corrected chi connectivity index (χ2v) is 4.74. The smallest absolute Gasteiger partial charge is 0.299 e. The van der Waals surface area contributed by atoms with Crippen LogP contribution < -0.4 is 10.9 Å². The number of hydrogen-bond donors (Lipinski definition) is 1. The number of rotatable bonds is 4. The summed E-state index contributed by atoms with van der Waals surface area (Å²) in [5.74, 6) is -0.144. The Morgan fingerprint density at radius 2 is 2.09 bits per heavy atom. The molecule has 0 aliphatic carbocycles. The van der Waals surface area contributed by atoms with Crippen LogP contribution in [0.15, 0.2) is 46.0 Å². The van der Waals surface area contributed by atoms with E-state index in [0.29, 0.717) is 11.2 Å². The Morgan fingerprint density at radius 3 is 2.82 bits per heavy atom. The molecule has 3 rings (SSSR count). The summed E-state index contributed by atoms with van der Waals surface area (Å²) in [5, 5.41) is 6.46. The standard InChI is InChI=1S/C15H14N4O3/c1-16-11(20)7-8-19-9-17-13-12(10-5-3-2-4-6-10)18-22-14(13)15(19)21/h2-6,9H,7-8H2,1H3,(H,16,20). The normalized spacial score (nSPS) is 10.8. The summed E-state index contributed by atoms with van der Waals surface area (Å²) in [7, 11) is 1.55. The summed E-state index contributed by atoms with van der Waals surface area (Å²) >= 11 is 0. The quantitative estimate of drug-likeness (QED) is 0.781. The molecule has 1 amide bonds. The van der Waals surface area contributed by atoms with Crippen molar-refractivity contribution < 1.29 is 9.32 Å². The van der Waals surface area contributed by atoms with Crippen molar-refractivity contribution >= 4 is 17.0 Å². The van der Waals surface area contributed by atoms with Gasteiger partial charge in [0.15, 0.2) is 0 Å². The van der Waals surface area contributed by atoms with Crippen molar-refractivity contribution in [2.75, 3.05) is 7.05 Å². The van der Waals surface area contributed by atoms with Gasteiger partial charge in [0.1, 0.15) is 11.2 Å². The topological polar surface area (TPSA) is 90.0 Å². The Morgan fingerprint density at radius 1 is 1.32 bits per heavy atom. The molecule has 112 valence electrons. The highest BCUT2D eigenvalue weighted by molar-refractivity contribution is 5.87. The average Bonchev–Trinajstić information content (AvgIpc) is 2.99. The van der Waals surface area contributed by atoms with Crippen LogP contribution in [0.5, 0.6) is 0 Å². The minimum Gasteiger partial charge on any atom is -0.359 e. The molecule has 2 aromatic heterocycles. The summed E-state index contributed by atoms with van der Waals surface area (Å²) in [6.45, 7) is 0.239. The van der Waals surface area contributed by atoms with E-state index in [9.17, 15) is 9.59 Å². The van der Waals surface area contributed by atoms with Gasteiger partial charge in [-0.15, -0.1) is 0 Å². The molecule has 0 bridgehead atoms. The third-order valence-corrected chi connectivity index (χ3v) is 3.35. The van der Waals surface area contributed by atoms with E-state index in [-0.39, 0.29) is 30.0 Å². The number of carbonyl (C=O) groups excluding carboxylic acids is 1. The number of nitrogens with zero attached hydrogens (tertiary/aromatic N) is 3. The average molecular weight is 298 g/mol. The van der Waals surface area contributed by atoms with E-state index in [2.05, 4.69) is 15.5 Å². The Bertz CT molecular complexity index is 867. The number of hydrogen-bond acceptors (Lipinski definition) is 5. The zero-order valence-corrected chi connectivity index (χ0v) is 11.9.